The monoisotopic (exact) mass is 418 g/mol. The number of benzene rings is 2. The Hall–Kier alpha value is -3.81. The van der Waals surface area contributed by atoms with Gasteiger partial charge in [-0.25, -0.2) is 14.5 Å². The lowest BCUT2D eigenvalue weighted by atomic mass is 10.1. The molecule has 0 saturated carbocycles. The standard InChI is InChI=1S/C23H22N4O4/c1-13(2)12-27-22(29)16-9-5-4-8-15(16)19(26-27)23(30)31-14(3)20-24-18-11-7-6-10-17(18)21(28)25-20/h4-11,13-14H,12H2,1-3H3,(H,24,25,28)/t14-/m1/s1. The molecule has 8 heteroatoms. The minimum atomic E-state index is -0.823. The van der Waals surface area contributed by atoms with Crippen molar-refractivity contribution in [3.8, 4) is 0 Å². The zero-order chi connectivity index (χ0) is 22.1. The molecule has 4 rings (SSSR count). The Kier molecular flexibility index (Phi) is 5.37. The first-order valence-corrected chi connectivity index (χ1v) is 10.0. The molecule has 0 bridgehead atoms. The summed E-state index contributed by atoms with van der Waals surface area (Å²) in [6.45, 7) is 5.92. The van der Waals surface area contributed by atoms with E-state index in [-0.39, 0.29) is 28.6 Å². The first-order chi connectivity index (χ1) is 14.8. The lowest BCUT2D eigenvalue weighted by Gasteiger charge is -2.15. The van der Waals surface area contributed by atoms with Gasteiger partial charge in [0.05, 0.1) is 16.3 Å². The number of aromatic amines is 1. The minimum absolute atomic E-state index is 0.0471. The molecular formula is C23H22N4O4. The maximum Gasteiger partial charge on any atom is 0.360 e. The molecule has 0 aliphatic heterocycles. The summed E-state index contributed by atoms with van der Waals surface area (Å²) in [5.74, 6) is -0.296. The molecule has 0 saturated heterocycles. The van der Waals surface area contributed by atoms with Crippen molar-refractivity contribution >= 4 is 27.6 Å². The van der Waals surface area contributed by atoms with Crippen LogP contribution in [-0.2, 0) is 11.3 Å². The fraction of sp³-hybridized carbons (Fsp3) is 0.261. The number of hydrogen-bond acceptors (Lipinski definition) is 6. The number of carbonyl (C=O) groups is 1. The quantitative estimate of drug-likeness (QED) is 0.499. The first-order valence-electron chi connectivity index (χ1n) is 10.0. The lowest BCUT2D eigenvalue weighted by Crippen LogP contribution is -2.28. The SMILES string of the molecule is CC(C)Cn1nc(C(=O)O[C@H](C)c2nc3ccccc3c(=O)[nH]2)c2ccccc2c1=O. The molecule has 158 valence electrons. The predicted molar refractivity (Wildman–Crippen MR) is 117 cm³/mol. The summed E-state index contributed by atoms with van der Waals surface area (Å²) in [5.41, 5.74) is -0.00368. The molecule has 0 spiro atoms. The molecule has 31 heavy (non-hydrogen) atoms. The van der Waals surface area contributed by atoms with E-state index >= 15 is 0 Å². The summed E-state index contributed by atoms with van der Waals surface area (Å²) in [4.78, 5) is 45.2. The van der Waals surface area contributed by atoms with Gasteiger partial charge in [0.25, 0.3) is 11.1 Å². The van der Waals surface area contributed by atoms with Gasteiger partial charge >= 0.3 is 5.97 Å². The Labute approximate surface area is 177 Å². The molecule has 2 aromatic carbocycles. The van der Waals surface area contributed by atoms with Gasteiger partial charge in [-0.3, -0.25) is 9.59 Å². The van der Waals surface area contributed by atoms with Crippen molar-refractivity contribution in [1.29, 1.82) is 0 Å². The van der Waals surface area contributed by atoms with Crippen LogP contribution in [-0.4, -0.2) is 25.7 Å². The molecule has 0 fully saturated rings. The van der Waals surface area contributed by atoms with Gasteiger partial charge in [-0.15, -0.1) is 0 Å². The van der Waals surface area contributed by atoms with E-state index in [0.29, 0.717) is 28.2 Å². The molecule has 2 aromatic heterocycles. The smallest absolute Gasteiger partial charge is 0.360 e. The summed E-state index contributed by atoms with van der Waals surface area (Å²) in [7, 11) is 0. The molecular weight excluding hydrogens is 396 g/mol. The number of rotatable bonds is 5. The maximum absolute atomic E-state index is 13.0. The van der Waals surface area contributed by atoms with Crippen LogP contribution < -0.4 is 11.1 Å². The van der Waals surface area contributed by atoms with Gasteiger partial charge in [0.1, 0.15) is 0 Å². The third-order valence-electron chi connectivity index (χ3n) is 4.90. The molecule has 0 unspecified atom stereocenters. The first kappa shape index (κ1) is 20.5. The van der Waals surface area contributed by atoms with E-state index in [1.165, 1.54) is 4.68 Å². The van der Waals surface area contributed by atoms with Crippen molar-refractivity contribution in [3.63, 3.8) is 0 Å². The normalized spacial score (nSPS) is 12.4. The van der Waals surface area contributed by atoms with Gasteiger partial charge < -0.3 is 9.72 Å². The minimum Gasteiger partial charge on any atom is -0.450 e. The van der Waals surface area contributed by atoms with Gasteiger partial charge in [0, 0.05) is 11.9 Å². The number of hydrogen-bond donors (Lipinski definition) is 1. The topological polar surface area (TPSA) is 107 Å². The van der Waals surface area contributed by atoms with Crippen LogP contribution in [0.2, 0.25) is 0 Å². The van der Waals surface area contributed by atoms with Crippen LogP contribution >= 0.6 is 0 Å². The molecule has 0 radical (unpaired) electrons. The Morgan fingerprint density at radius 3 is 2.35 bits per heavy atom. The summed E-state index contributed by atoms with van der Waals surface area (Å²) in [6.07, 6.45) is -0.823. The number of H-pyrrole nitrogens is 1. The second-order valence-corrected chi connectivity index (χ2v) is 7.79. The lowest BCUT2D eigenvalue weighted by molar-refractivity contribution is 0.0312. The van der Waals surface area contributed by atoms with Crippen LogP contribution in [0.3, 0.4) is 0 Å². The number of carbonyl (C=O) groups excluding carboxylic acids is 1. The van der Waals surface area contributed by atoms with E-state index in [9.17, 15) is 14.4 Å². The molecule has 0 aliphatic rings. The van der Waals surface area contributed by atoms with E-state index in [4.69, 9.17) is 4.74 Å². The fourth-order valence-electron chi connectivity index (χ4n) is 3.42. The largest absolute Gasteiger partial charge is 0.450 e. The van der Waals surface area contributed by atoms with Crippen molar-refractivity contribution in [2.75, 3.05) is 0 Å². The third kappa shape index (κ3) is 3.96. The van der Waals surface area contributed by atoms with E-state index in [1.807, 2.05) is 13.8 Å². The zero-order valence-electron chi connectivity index (χ0n) is 17.5. The molecule has 2 heterocycles. The van der Waals surface area contributed by atoms with Gasteiger partial charge in [-0.05, 0) is 31.0 Å². The highest BCUT2D eigenvalue weighted by atomic mass is 16.5. The van der Waals surface area contributed by atoms with Crippen molar-refractivity contribution in [3.05, 3.63) is 80.8 Å². The second-order valence-electron chi connectivity index (χ2n) is 7.79. The average molecular weight is 418 g/mol. The number of esters is 1. The number of nitrogens with zero attached hydrogens (tertiary/aromatic N) is 3. The van der Waals surface area contributed by atoms with Crippen LogP contribution in [0.15, 0.2) is 58.1 Å². The van der Waals surface area contributed by atoms with E-state index < -0.39 is 12.1 Å². The predicted octanol–water partition coefficient (Wildman–Crippen LogP) is 3.21. The van der Waals surface area contributed by atoms with Gasteiger partial charge in [0.2, 0.25) is 0 Å². The number of nitrogens with one attached hydrogen (secondary N) is 1. The second kappa shape index (κ2) is 8.14. The van der Waals surface area contributed by atoms with Crippen LogP contribution in [0.4, 0.5) is 0 Å². The maximum atomic E-state index is 13.0. The summed E-state index contributed by atoms with van der Waals surface area (Å²) in [6, 6.07) is 13.7. The van der Waals surface area contributed by atoms with Crippen LogP contribution in [0.25, 0.3) is 21.7 Å². The van der Waals surface area contributed by atoms with E-state index in [2.05, 4.69) is 15.1 Å². The molecule has 1 atom stereocenters. The molecule has 1 N–H and O–H groups in total. The Morgan fingerprint density at radius 1 is 1.00 bits per heavy atom. The Morgan fingerprint density at radius 2 is 1.65 bits per heavy atom. The van der Waals surface area contributed by atoms with Gasteiger partial charge in [-0.1, -0.05) is 44.2 Å². The highest BCUT2D eigenvalue weighted by Crippen LogP contribution is 2.19. The zero-order valence-corrected chi connectivity index (χ0v) is 17.5. The Bertz CT molecular complexity index is 1400. The number of para-hydroxylation sites is 1. The van der Waals surface area contributed by atoms with Crippen LogP contribution in [0.5, 0.6) is 0 Å². The molecule has 8 nitrogen and oxygen atoms in total. The van der Waals surface area contributed by atoms with Gasteiger partial charge in [-0.2, -0.15) is 5.10 Å². The highest BCUT2D eigenvalue weighted by molar-refractivity contribution is 6.02. The molecule has 0 amide bonds. The van der Waals surface area contributed by atoms with Crippen molar-refractivity contribution in [1.82, 2.24) is 19.7 Å². The number of ether oxygens (including phenoxy) is 1. The fourth-order valence-corrected chi connectivity index (χ4v) is 3.42. The van der Waals surface area contributed by atoms with E-state index in [0.717, 1.165) is 0 Å². The summed E-state index contributed by atoms with van der Waals surface area (Å²) >= 11 is 0. The van der Waals surface area contributed by atoms with Crippen LogP contribution in [0.1, 0.15) is 43.2 Å². The van der Waals surface area contributed by atoms with Crippen molar-refractivity contribution in [2.45, 2.75) is 33.4 Å². The van der Waals surface area contributed by atoms with Gasteiger partial charge in [0.15, 0.2) is 17.6 Å². The van der Waals surface area contributed by atoms with Crippen LogP contribution in [0, 0.1) is 5.92 Å². The number of aromatic nitrogens is 4. The molecule has 4 aromatic rings. The van der Waals surface area contributed by atoms with Crippen molar-refractivity contribution in [2.24, 2.45) is 5.92 Å². The summed E-state index contributed by atoms with van der Waals surface area (Å²) in [5, 5.41) is 5.57. The molecule has 0 aliphatic carbocycles. The van der Waals surface area contributed by atoms with Crippen molar-refractivity contribution < 1.29 is 9.53 Å². The third-order valence-corrected chi connectivity index (χ3v) is 4.90. The highest BCUT2D eigenvalue weighted by Gasteiger charge is 2.22. The Balaban J connectivity index is 1.72. The number of fused-ring (bicyclic) bond motifs is 2. The van der Waals surface area contributed by atoms with E-state index in [1.54, 1.807) is 55.5 Å². The average Bonchev–Trinajstić information content (AvgIpc) is 2.75. The summed E-state index contributed by atoms with van der Waals surface area (Å²) < 4.78 is 6.88.